The van der Waals surface area contributed by atoms with Crippen molar-refractivity contribution in [1.82, 2.24) is 9.78 Å². The van der Waals surface area contributed by atoms with Crippen molar-refractivity contribution in [2.45, 2.75) is 32.2 Å². The average molecular weight is 182 g/mol. The minimum Gasteiger partial charge on any atom is -0.481 e. The molecule has 0 aliphatic heterocycles. The number of carbonyl (C=O) groups is 1. The molecule has 0 saturated heterocycles. The van der Waals surface area contributed by atoms with Gasteiger partial charge in [-0.3, -0.25) is 9.48 Å². The highest BCUT2D eigenvalue weighted by Gasteiger charge is 2.13. The van der Waals surface area contributed by atoms with Gasteiger partial charge < -0.3 is 5.11 Å². The van der Waals surface area contributed by atoms with E-state index in [1.807, 2.05) is 19.2 Å². The Morgan fingerprint density at radius 2 is 2.46 bits per heavy atom. The quantitative estimate of drug-likeness (QED) is 0.754. The lowest BCUT2D eigenvalue weighted by Gasteiger charge is -2.13. The van der Waals surface area contributed by atoms with Crippen LogP contribution in [0.4, 0.5) is 0 Å². The molecule has 0 amide bonds. The van der Waals surface area contributed by atoms with E-state index in [0.717, 1.165) is 12.8 Å². The summed E-state index contributed by atoms with van der Waals surface area (Å²) in [5.74, 6) is -0.769. The summed E-state index contributed by atoms with van der Waals surface area (Å²) < 4.78 is 1.72. The van der Waals surface area contributed by atoms with Crippen molar-refractivity contribution in [3.05, 3.63) is 18.5 Å². The molecule has 1 N–H and O–H groups in total. The second-order valence-corrected chi connectivity index (χ2v) is 3.03. The molecule has 0 fully saturated rings. The molecule has 1 aromatic heterocycles. The Morgan fingerprint density at radius 3 is 2.92 bits per heavy atom. The predicted molar refractivity (Wildman–Crippen MR) is 48.4 cm³/mol. The van der Waals surface area contributed by atoms with Crippen molar-refractivity contribution in [2.24, 2.45) is 0 Å². The second-order valence-electron chi connectivity index (χ2n) is 3.03. The molecule has 1 rings (SSSR count). The highest BCUT2D eigenvalue weighted by atomic mass is 16.4. The van der Waals surface area contributed by atoms with Gasteiger partial charge >= 0.3 is 5.97 Å². The monoisotopic (exact) mass is 182 g/mol. The number of rotatable bonds is 5. The Bertz CT molecular complexity index is 257. The van der Waals surface area contributed by atoms with Crippen LogP contribution in [-0.2, 0) is 4.79 Å². The van der Waals surface area contributed by atoms with Crippen LogP contribution in [0.3, 0.4) is 0 Å². The Morgan fingerprint density at radius 1 is 1.69 bits per heavy atom. The Labute approximate surface area is 77.2 Å². The first-order chi connectivity index (χ1) is 6.24. The van der Waals surface area contributed by atoms with E-state index in [-0.39, 0.29) is 12.5 Å². The average Bonchev–Trinajstić information content (AvgIpc) is 2.54. The van der Waals surface area contributed by atoms with Crippen molar-refractivity contribution in [3.63, 3.8) is 0 Å². The molecule has 0 radical (unpaired) electrons. The first-order valence-corrected chi connectivity index (χ1v) is 4.45. The normalized spacial score (nSPS) is 12.7. The van der Waals surface area contributed by atoms with Crippen molar-refractivity contribution in [2.75, 3.05) is 0 Å². The molecule has 72 valence electrons. The number of carboxylic acids is 1. The molecule has 1 atom stereocenters. The number of aromatic nitrogens is 2. The second kappa shape index (κ2) is 4.64. The van der Waals surface area contributed by atoms with Gasteiger partial charge in [0.05, 0.1) is 12.5 Å². The molecular weight excluding hydrogens is 168 g/mol. The van der Waals surface area contributed by atoms with E-state index < -0.39 is 5.97 Å². The van der Waals surface area contributed by atoms with Gasteiger partial charge in [-0.2, -0.15) is 5.10 Å². The van der Waals surface area contributed by atoms with Crippen molar-refractivity contribution in [1.29, 1.82) is 0 Å². The predicted octanol–water partition coefficient (Wildman–Crippen LogP) is 1.70. The zero-order valence-corrected chi connectivity index (χ0v) is 7.68. The maximum atomic E-state index is 10.5. The summed E-state index contributed by atoms with van der Waals surface area (Å²) in [6.07, 6.45) is 5.45. The van der Waals surface area contributed by atoms with Crippen LogP contribution < -0.4 is 0 Å². The summed E-state index contributed by atoms with van der Waals surface area (Å²) in [7, 11) is 0. The van der Waals surface area contributed by atoms with Gasteiger partial charge in [-0.05, 0) is 12.5 Å². The first kappa shape index (κ1) is 9.77. The third-order valence-corrected chi connectivity index (χ3v) is 1.93. The Hall–Kier alpha value is -1.32. The minimum atomic E-state index is -0.769. The number of hydrogen-bond acceptors (Lipinski definition) is 2. The van der Waals surface area contributed by atoms with Crippen LogP contribution in [0.5, 0.6) is 0 Å². The number of carboxylic acid groups (broad SMARTS) is 1. The van der Waals surface area contributed by atoms with Crippen molar-refractivity contribution >= 4 is 5.97 Å². The fourth-order valence-electron chi connectivity index (χ4n) is 1.36. The first-order valence-electron chi connectivity index (χ1n) is 4.45. The summed E-state index contributed by atoms with van der Waals surface area (Å²) in [6, 6.07) is 1.81. The zero-order valence-electron chi connectivity index (χ0n) is 7.68. The number of hydrogen-bond donors (Lipinski definition) is 1. The fourth-order valence-corrected chi connectivity index (χ4v) is 1.36. The molecule has 0 aliphatic rings. The van der Waals surface area contributed by atoms with Gasteiger partial charge in [0, 0.05) is 12.4 Å². The van der Waals surface area contributed by atoms with Crippen molar-refractivity contribution in [3.8, 4) is 0 Å². The molecule has 1 heterocycles. The van der Waals surface area contributed by atoms with Gasteiger partial charge in [0.1, 0.15) is 0 Å². The molecule has 1 unspecified atom stereocenters. The molecule has 1 aromatic rings. The SMILES string of the molecule is CCCC(CC(=O)O)n1cccn1. The van der Waals surface area contributed by atoms with Crippen LogP contribution in [-0.4, -0.2) is 20.9 Å². The summed E-state index contributed by atoms with van der Waals surface area (Å²) in [4.78, 5) is 10.5. The lowest BCUT2D eigenvalue weighted by molar-refractivity contribution is -0.138. The summed E-state index contributed by atoms with van der Waals surface area (Å²) in [5, 5.41) is 12.7. The van der Waals surface area contributed by atoms with Gasteiger partial charge in [0.15, 0.2) is 0 Å². The molecule has 0 aliphatic carbocycles. The van der Waals surface area contributed by atoms with E-state index in [1.165, 1.54) is 0 Å². The van der Waals surface area contributed by atoms with Crippen LogP contribution in [0.2, 0.25) is 0 Å². The van der Waals surface area contributed by atoms with Gasteiger partial charge in [-0.25, -0.2) is 0 Å². The molecule has 0 spiro atoms. The maximum absolute atomic E-state index is 10.5. The fraction of sp³-hybridized carbons (Fsp3) is 0.556. The summed E-state index contributed by atoms with van der Waals surface area (Å²) >= 11 is 0. The highest BCUT2D eigenvalue weighted by Crippen LogP contribution is 2.16. The van der Waals surface area contributed by atoms with Gasteiger partial charge in [0.25, 0.3) is 0 Å². The smallest absolute Gasteiger partial charge is 0.305 e. The molecule has 0 aromatic carbocycles. The Kier molecular flexibility index (Phi) is 3.49. The van der Waals surface area contributed by atoms with Crippen LogP contribution in [0, 0.1) is 0 Å². The topological polar surface area (TPSA) is 55.1 Å². The number of nitrogens with zero attached hydrogens (tertiary/aromatic N) is 2. The number of aliphatic carboxylic acids is 1. The zero-order chi connectivity index (χ0) is 9.68. The minimum absolute atomic E-state index is 0.00231. The van der Waals surface area contributed by atoms with Crippen LogP contribution in [0.1, 0.15) is 32.2 Å². The van der Waals surface area contributed by atoms with E-state index in [1.54, 1.807) is 10.9 Å². The van der Waals surface area contributed by atoms with Crippen LogP contribution in [0.25, 0.3) is 0 Å². The van der Waals surface area contributed by atoms with E-state index in [4.69, 9.17) is 5.11 Å². The van der Waals surface area contributed by atoms with Crippen LogP contribution >= 0.6 is 0 Å². The summed E-state index contributed by atoms with van der Waals surface area (Å²) in [5.41, 5.74) is 0. The van der Waals surface area contributed by atoms with Gasteiger partial charge in [-0.15, -0.1) is 0 Å². The third-order valence-electron chi connectivity index (χ3n) is 1.93. The molecule has 4 nitrogen and oxygen atoms in total. The van der Waals surface area contributed by atoms with E-state index in [2.05, 4.69) is 5.10 Å². The summed E-state index contributed by atoms with van der Waals surface area (Å²) in [6.45, 7) is 2.04. The molecule has 0 saturated carbocycles. The van der Waals surface area contributed by atoms with Gasteiger partial charge in [0.2, 0.25) is 0 Å². The van der Waals surface area contributed by atoms with E-state index in [0.29, 0.717) is 0 Å². The third kappa shape index (κ3) is 2.89. The maximum Gasteiger partial charge on any atom is 0.305 e. The van der Waals surface area contributed by atoms with Crippen molar-refractivity contribution < 1.29 is 9.90 Å². The molecular formula is C9H14N2O2. The van der Waals surface area contributed by atoms with Gasteiger partial charge in [-0.1, -0.05) is 13.3 Å². The largest absolute Gasteiger partial charge is 0.481 e. The van der Waals surface area contributed by atoms with E-state index in [9.17, 15) is 4.79 Å². The Balaban J connectivity index is 2.62. The molecule has 4 heteroatoms. The molecule has 13 heavy (non-hydrogen) atoms. The lowest BCUT2D eigenvalue weighted by Crippen LogP contribution is -2.13. The lowest BCUT2D eigenvalue weighted by atomic mass is 10.1. The highest BCUT2D eigenvalue weighted by molar-refractivity contribution is 5.67. The van der Waals surface area contributed by atoms with Crippen LogP contribution in [0.15, 0.2) is 18.5 Å². The van der Waals surface area contributed by atoms with E-state index >= 15 is 0 Å². The molecule has 0 bridgehead atoms. The standard InChI is InChI=1S/C9H14N2O2/c1-2-4-8(7-9(12)13)11-6-3-5-10-11/h3,5-6,8H,2,4,7H2,1H3,(H,12,13).